The molecule has 1 aliphatic heterocycles. The predicted octanol–water partition coefficient (Wildman–Crippen LogP) is 5.24. The van der Waals surface area contributed by atoms with Crippen molar-refractivity contribution in [2.45, 2.75) is 38.3 Å². The summed E-state index contributed by atoms with van der Waals surface area (Å²) in [6.45, 7) is 2.93. The Morgan fingerprint density at radius 3 is 2.65 bits per heavy atom. The Kier molecular flexibility index (Phi) is 4.79. The minimum atomic E-state index is -0.705. The highest BCUT2D eigenvalue weighted by Gasteiger charge is 2.35. The molecule has 1 fully saturated rings. The van der Waals surface area contributed by atoms with E-state index < -0.39 is 12.0 Å². The molecule has 2 atom stereocenters. The number of aryl methyl sites for hydroxylation is 1. The van der Waals surface area contributed by atoms with E-state index in [-0.39, 0.29) is 6.04 Å². The summed E-state index contributed by atoms with van der Waals surface area (Å²) in [6, 6.07) is 18.8. The van der Waals surface area contributed by atoms with Gasteiger partial charge < -0.3 is 5.11 Å². The average Bonchev–Trinajstić information content (AvgIpc) is 3.08. The normalized spacial score (nSPS) is 19.5. The second kappa shape index (κ2) is 7.22. The van der Waals surface area contributed by atoms with E-state index in [1.807, 2.05) is 6.07 Å². The van der Waals surface area contributed by atoms with E-state index >= 15 is 0 Å². The van der Waals surface area contributed by atoms with Crippen LogP contribution in [-0.2, 0) is 4.79 Å². The number of carboxylic acid groups (broad SMARTS) is 1. The number of nitrogens with zero attached hydrogens (tertiary/aromatic N) is 1. The molecule has 1 aliphatic rings. The van der Waals surface area contributed by atoms with E-state index in [0.717, 1.165) is 25.8 Å². The molecule has 134 valence electrons. The number of piperidine rings is 1. The highest BCUT2D eigenvalue weighted by molar-refractivity contribution is 7.12. The molecule has 1 N–H and O–H groups in total. The van der Waals surface area contributed by atoms with Crippen molar-refractivity contribution < 1.29 is 9.90 Å². The lowest BCUT2D eigenvalue weighted by Crippen LogP contribution is -2.46. The van der Waals surface area contributed by atoms with Crippen LogP contribution in [0.4, 0.5) is 0 Å². The van der Waals surface area contributed by atoms with Crippen LogP contribution >= 0.6 is 11.3 Å². The first kappa shape index (κ1) is 17.3. The van der Waals surface area contributed by atoms with Gasteiger partial charge in [0.05, 0.1) is 6.04 Å². The zero-order valence-electron chi connectivity index (χ0n) is 14.9. The highest BCUT2D eigenvalue weighted by atomic mass is 32.1. The first-order valence-corrected chi connectivity index (χ1v) is 9.99. The van der Waals surface area contributed by atoms with Gasteiger partial charge in [-0.2, -0.15) is 0 Å². The number of carboxylic acids is 1. The molecule has 0 spiro atoms. The van der Waals surface area contributed by atoms with Gasteiger partial charge in [-0.3, -0.25) is 9.69 Å². The molecule has 0 saturated carbocycles. The fraction of sp³-hybridized carbons (Fsp3) is 0.318. The van der Waals surface area contributed by atoms with Gasteiger partial charge in [0.15, 0.2) is 0 Å². The van der Waals surface area contributed by atoms with E-state index in [4.69, 9.17) is 0 Å². The van der Waals surface area contributed by atoms with Crippen molar-refractivity contribution in [1.29, 1.82) is 0 Å². The molecule has 2 aromatic carbocycles. The minimum absolute atomic E-state index is 0.000272. The maximum atomic E-state index is 11.9. The number of hydrogen-bond donors (Lipinski definition) is 1. The lowest BCUT2D eigenvalue weighted by molar-refractivity contribution is -0.145. The molecule has 3 aromatic rings. The molecule has 4 rings (SSSR count). The third kappa shape index (κ3) is 3.27. The summed E-state index contributed by atoms with van der Waals surface area (Å²) in [5.41, 5.74) is 1.18. The lowest BCUT2D eigenvalue weighted by Gasteiger charge is -2.39. The number of benzene rings is 2. The quantitative estimate of drug-likeness (QED) is 0.687. The summed E-state index contributed by atoms with van der Waals surface area (Å²) in [6.07, 6.45) is 2.77. The van der Waals surface area contributed by atoms with Gasteiger partial charge in [0.1, 0.15) is 6.04 Å². The molecular weight excluding hydrogens is 342 g/mol. The van der Waals surface area contributed by atoms with Crippen LogP contribution in [0.5, 0.6) is 0 Å². The molecule has 1 aromatic heterocycles. The summed E-state index contributed by atoms with van der Waals surface area (Å²) in [4.78, 5) is 16.6. The zero-order chi connectivity index (χ0) is 18.1. The van der Waals surface area contributed by atoms with E-state index in [0.29, 0.717) is 0 Å². The molecule has 0 radical (unpaired) electrons. The lowest BCUT2D eigenvalue weighted by atomic mass is 9.94. The van der Waals surface area contributed by atoms with Crippen molar-refractivity contribution in [2.75, 3.05) is 6.54 Å². The second-order valence-corrected chi connectivity index (χ2v) is 8.36. The van der Waals surface area contributed by atoms with E-state index in [1.54, 1.807) is 11.3 Å². The first-order chi connectivity index (χ1) is 12.6. The highest BCUT2D eigenvalue weighted by Crippen LogP contribution is 2.38. The average molecular weight is 365 g/mol. The van der Waals surface area contributed by atoms with E-state index in [2.05, 4.69) is 60.4 Å². The number of hydrogen-bond acceptors (Lipinski definition) is 3. The number of fused-ring (bicyclic) bond motifs is 1. The van der Waals surface area contributed by atoms with Crippen molar-refractivity contribution in [2.24, 2.45) is 0 Å². The molecule has 4 heteroatoms. The summed E-state index contributed by atoms with van der Waals surface area (Å²) in [7, 11) is 0. The number of rotatable bonds is 4. The summed E-state index contributed by atoms with van der Waals surface area (Å²) in [5, 5.41) is 12.2. The number of carbonyl (C=O) groups is 1. The Labute approximate surface area is 157 Å². The largest absolute Gasteiger partial charge is 0.480 e. The topological polar surface area (TPSA) is 40.5 Å². The van der Waals surface area contributed by atoms with Gasteiger partial charge in [0.25, 0.3) is 0 Å². The Balaban J connectivity index is 1.83. The standard InChI is InChI=1S/C22H23NO2S/c1-15-9-12-20(26-15)21(23-13-5-4-8-19(23)22(24)25)18-11-10-16-6-2-3-7-17(16)14-18/h2-3,6-7,9-12,14,19,21H,4-5,8,13H2,1H3,(H,24,25). The van der Waals surface area contributed by atoms with Gasteiger partial charge in [-0.15, -0.1) is 11.3 Å². The van der Waals surface area contributed by atoms with Crippen LogP contribution in [0, 0.1) is 6.92 Å². The van der Waals surface area contributed by atoms with Gasteiger partial charge in [0.2, 0.25) is 0 Å². The maximum absolute atomic E-state index is 11.9. The van der Waals surface area contributed by atoms with Gasteiger partial charge in [-0.05, 0) is 60.8 Å². The maximum Gasteiger partial charge on any atom is 0.320 e. The molecule has 26 heavy (non-hydrogen) atoms. The molecule has 0 aliphatic carbocycles. The predicted molar refractivity (Wildman–Crippen MR) is 107 cm³/mol. The Hall–Kier alpha value is -2.17. The van der Waals surface area contributed by atoms with Gasteiger partial charge >= 0.3 is 5.97 Å². The number of likely N-dealkylation sites (tertiary alicyclic amines) is 1. The monoisotopic (exact) mass is 365 g/mol. The van der Waals surface area contributed by atoms with Gasteiger partial charge in [0, 0.05) is 9.75 Å². The van der Waals surface area contributed by atoms with Crippen LogP contribution in [0.15, 0.2) is 54.6 Å². The molecule has 2 unspecified atom stereocenters. The molecule has 2 heterocycles. The Morgan fingerprint density at radius 1 is 1.12 bits per heavy atom. The third-order valence-corrected chi connectivity index (χ3v) is 6.33. The molecule has 3 nitrogen and oxygen atoms in total. The van der Waals surface area contributed by atoms with Crippen molar-refractivity contribution in [3.8, 4) is 0 Å². The second-order valence-electron chi connectivity index (χ2n) is 7.05. The van der Waals surface area contributed by atoms with Gasteiger partial charge in [-0.1, -0.05) is 42.8 Å². The summed E-state index contributed by atoms with van der Waals surface area (Å²) < 4.78 is 0. The van der Waals surface area contributed by atoms with E-state index in [9.17, 15) is 9.90 Å². The zero-order valence-corrected chi connectivity index (χ0v) is 15.7. The first-order valence-electron chi connectivity index (χ1n) is 9.17. The SMILES string of the molecule is Cc1ccc(C(c2ccc3ccccc3c2)N2CCCCC2C(=O)O)s1. The molecule has 0 bridgehead atoms. The van der Waals surface area contributed by atoms with Crippen molar-refractivity contribution in [1.82, 2.24) is 4.90 Å². The molecular formula is C22H23NO2S. The van der Waals surface area contributed by atoms with Crippen LogP contribution in [0.25, 0.3) is 10.8 Å². The van der Waals surface area contributed by atoms with E-state index in [1.165, 1.54) is 26.1 Å². The van der Waals surface area contributed by atoms with Crippen LogP contribution in [-0.4, -0.2) is 28.6 Å². The Bertz CT molecular complexity index is 933. The number of thiophene rings is 1. The Morgan fingerprint density at radius 2 is 1.92 bits per heavy atom. The van der Waals surface area contributed by atoms with Crippen LogP contribution in [0.3, 0.4) is 0 Å². The van der Waals surface area contributed by atoms with Crippen LogP contribution in [0.1, 0.15) is 40.6 Å². The summed E-state index contributed by atoms with van der Waals surface area (Å²) >= 11 is 1.77. The molecule has 0 amide bonds. The van der Waals surface area contributed by atoms with Crippen LogP contribution < -0.4 is 0 Å². The smallest absolute Gasteiger partial charge is 0.320 e. The molecule has 1 saturated heterocycles. The van der Waals surface area contributed by atoms with Crippen LogP contribution in [0.2, 0.25) is 0 Å². The van der Waals surface area contributed by atoms with Crippen molar-refractivity contribution >= 4 is 28.1 Å². The third-order valence-electron chi connectivity index (χ3n) is 5.28. The minimum Gasteiger partial charge on any atom is -0.480 e. The fourth-order valence-electron chi connectivity index (χ4n) is 4.03. The number of aliphatic carboxylic acids is 1. The summed E-state index contributed by atoms with van der Waals surface area (Å²) in [5.74, 6) is -0.705. The van der Waals surface area contributed by atoms with Crippen molar-refractivity contribution in [3.05, 3.63) is 69.9 Å². The van der Waals surface area contributed by atoms with Gasteiger partial charge in [-0.25, -0.2) is 0 Å². The fourth-order valence-corrected chi connectivity index (χ4v) is 5.05. The van der Waals surface area contributed by atoms with Crippen molar-refractivity contribution in [3.63, 3.8) is 0 Å².